The number of hydrogen-bond acceptors (Lipinski definition) is 3. The van der Waals surface area contributed by atoms with E-state index in [0.717, 1.165) is 16.2 Å². The Morgan fingerprint density at radius 3 is 2.60 bits per heavy atom. The third-order valence-electron chi connectivity index (χ3n) is 2.93. The normalized spacial score (nSPS) is 11.8. The average Bonchev–Trinajstić information content (AvgIpc) is 2.67. The van der Waals surface area contributed by atoms with Crippen LogP contribution in [0.4, 0.5) is 0 Å². The van der Waals surface area contributed by atoms with Gasteiger partial charge in [-0.2, -0.15) is 0 Å². The summed E-state index contributed by atoms with van der Waals surface area (Å²) in [5.74, 6) is 0.394. The molecule has 4 nitrogen and oxygen atoms in total. The van der Waals surface area contributed by atoms with Gasteiger partial charge in [-0.25, -0.2) is 4.98 Å². The fraction of sp³-hybridized carbons (Fsp3) is 0.467. The van der Waals surface area contributed by atoms with E-state index in [1.54, 1.807) is 0 Å². The molecule has 1 aromatic heterocycles. The highest BCUT2D eigenvalue weighted by molar-refractivity contribution is 7.99. The minimum Gasteiger partial charge on any atom is -0.351 e. The van der Waals surface area contributed by atoms with Gasteiger partial charge in [0.05, 0.1) is 16.8 Å². The summed E-state index contributed by atoms with van der Waals surface area (Å²) in [4.78, 5) is 19.5. The Labute approximate surface area is 123 Å². The number of aromatic nitrogens is 2. The zero-order chi connectivity index (χ0) is 14.9. The number of rotatable bonds is 3. The number of carbonyl (C=O) groups excluding carboxylic acids is 1. The SMILES string of the molecule is Cc1cc2nc(SCC(=O)NC(C)(C)C)[nH]c2cc1C. The van der Waals surface area contributed by atoms with Gasteiger partial charge in [0, 0.05) is 5.54 Å². The molecule has 0 aliphatic rings. The first-order valence-corrected chi connectivity index (χ1v) is 7.64. The van der Waals surface area contributed by atoms with Gasteiger partial charge in [-0.3, -0.25) is 4.79 Å². The van der Waals surface area contributed by atoms with E-state index in [9.17, 15) is 4.79 Å². The zero-order valence-electron chi connectivity index (χ0n) is 12.6. The molecule has 0 aliphatic carbocycles. The molecule has 0 spiro atoms. The first-order valence-electron chi connectivity index (χ1n) is 6.65. The van der Waals surface area contributed by atoms with Crippen LogP contribution in [0.15, 0.2) is 17.3 Å². The molecular weight excluding hydrogens is 270 g/mol. The van der Waals surface area contributed by atoms with Crippen LogP contribution in [-0.4, -0.2) is 27.2 Å². The Morgan fingerprint density at radius 2 is 1.95 bits per heavy atom. The minimum atomic E-state index is -0.195. The first kappa shape index (κ1) is 14.9. The van der Waals surface area contributed by atoms with Crippen LogP contribution in [0.1, 0.15) is 31.9 Å². The number of fused-ring (bicyclic) bond motifs is 1. The lowest BCUT2D eigenvalue weighted by molar-refractivity contribution is -0.119. The number of nitrogens with zero attached hydrogens (tertiary/aromatic N) is 1. The van der Waals surface area contributed by atoms with Gasteiger partial charge in [0.2, 0.25) is 5.91 Å². The number of nitrogens with one attached hydrogen (secondary N) is 2. The Morgan fingerprint density at radius 1 is 1.30 bits per heavy atom. The highest BCUT2D eigenvalue weighted by Crippen LogP contribution is 2.22. The number of carbonyl (C=O) groups is 1. The lowest BCUT2D eigenvalue weighted by Gasteiger charge is -2.19. The van der Waals surface area contributed by atoms with E-state index in [0.29, 0.717) is 5.75 Å². The monoisotopic (exact) mass is 291 g/mol. The van der Waals surface area contributed by atoms with Crippen molar-refractivity contribution in [2.24, 2.45) is 0 Å². The molecule has 0 atom stereocenters. The number of benzene rings is 1. The van der Waals surface area contributed by atoms with Gasteiger partial charge in [-0.15, -0.1) is 0 Å². The number of thioether (sulfide) groups is 1. The van der Waals surface area contributed by atoms with Crippen LogP contribution in [0.5, 0.6) is 0 Å². The van der Waals surface area contributed by atoms with Crippen LogP contribution in [0, 0.1) is 13.8 Å². The smallest absolute Gasteiger partial charge is 0.230 e. The van der Waals surface area contributed by atoms with Crippen molar-refractivity contribution in [1.82, 2.24) is 15.3 Å². The van der Waals surface area contributed by atoms with Gasteiger partial charge in [-0.1, -0.05) is 11.8 Å². The van der Waals surface area contributed by atoms with Crippen molar-refractivity contribution in [2.45, 2.75) is 45.3 Å². The van der Waals surface area contributed by atoms with Crippen molar-refractivity contribution in [3.63, 3.8) is 0 Å². The van der Waals surface area contributed by atoms with Crippen LogP contribution >= 0.6 is 11.8 Å². The van der Waals surface area contributed by atoms with Crippen LogP contribution < -0.4 is 5.32 Å². The quantitative estimate of drug-likeness (QED) is 0.854. The van der Waals surface area contributed by atoms with Gasteiger partial charge in [0.25, 0.3) is 0 Å². The molecule has 5 heteroatoms. The number of aryl methyl sites for hydroxylation is 2. The third-order valence-corrected chi connectivity index (χ3v) is 3.80. The topological polar surface area (TPSA) is 57.8 Å². The molecule has 0 saturated carbocycles. The molecular formula is C15H21N3OS. The predicted octanol–water partition coefficient (Wildman–Crippen LogP) is 3.19. The molecule has 2 rings (SSSR count). The van der Waals surface area contributed by atoms with Gasteiger partial charge in [0.15, 0.2) is 5.16 Å². The van der Waals surface area contributed by atoms with E-state index in [1.165, 1.54) is 22.9 Å². The number of H-pyrrole nitrogens is 1. The predicted molar refractivity (Wildman–Crippen MR) is 84.2 cm³/mol. The lowest BCUT2D eigenvalue weighted by Crippen LogP contribution is -2.41. The molecule has 108 valence electrons. The van der Waals surface area contributed by atoms with Crippen LogP contribution in [0.2, 0.25) is 0 Å². The van der Waals surface area contributed by atoms with Crippen LogP contribution in [-0.2, 0) is 4.79 Å². The van der Waals surface area contributed by atoms with Gasteiger partial charge in [-0.05, 0) is 57.9 Å². The van der Waals surface area contributed by atoms with Crippen LogP contribution in [0.25, 0.3) is 11.0 Å². The summed E-state index contributed by atoms with van der Waals surface area (Å²) in [5, 5.41) is 3.73. The maximum Gasteiger partial charge on any atom is 0.230 e. The molecule has 0 bridgehead atoms. The largest absolute Gasteiger partial charge is 0.351 e. The summed E-state index contributed by atoms with van der Waals surface area (Å²) in [7, 11) is 0. The van der Waals surface area contributed by atoms with Gasteiger partial charge >= 0.3 is 0 Å². The molecule has 1 aromatic carbocycles. The average molecular weight is 291 g/mol. The van der Waals surface area contributed by atoms with E-state index < -0.39 is 0 Å². The lowest BCUT2D eigenvalue weighted by atomic mass is 10.1. The maximum atomic E-state index is 11.8. The molecule has 1 amide bonds. The summed E-state index contributed by atoms with van der Waals surface area (Å²) in [6.07, 6.45) is 0. The van der Waals surface area contributed by atoms with Crippen molar-refractivity contribution in [3.05, 3.63) is 23.3 Å². The van der Waals surface area contributed by atoms with E-state index in [2.05, 4.69) is 41.3 Å². The summed E-state index contributed by atoms with van der Waals surface area (Å²) >= 11 is 1.43. The van der Waals surface area contributed by atoms with E-state index in [4.69, 9.17) is 0 Å². The molecule has 1 heterocycles. The second kappa shape index (κ2) is 5.48. The number of amides is 1. The first-order chi connectivity index (χ1) is 9.24. The number of imidazole rings is 1. The minimum absolute atomic E-state index is 0.0234. The third kappa shape index (κ3) is 3.76. The fourth-order valence-corrected chi connectivity index (χ4v) is 2.59. The van der Waals surface area contributed by atoms with Crippen LogP contribution in [0.3, 0.4) is 0 Å². The van der Waals surface area contributed by atoms with Crippen molar-refractivity contribution in [2.75, 3.05) is 5.75 Å². The molecule has 0 fully saturated rings. The second-order valence-electron chi connectivity index (χ2n) is 6.08. The summed E-state index contributed by atoms with van der Waals surface area (Å²) < 4.78 is 0. The molecule has 2 N–H and O–H groups in total. The fourth-order valence-electron chi connectivity index (χ4n) is 1.90. The maximum absolute atomic E-state index is 11.8. The van der Waals surface area contributed by atoms with Crippen molar-refractivity contribution < 1.29 is 4.79 Å². The Hall–Kier alpha value is -1.49. The van der Waals surface area contributed by atoms with Crippen molar-refractivity contribution >= 4 is 28.7 Å². The second-order valence-corrected chi connectivity index (χ2v) is 7.05. The van der Waals surface area contributed by atoms with Crippen molar-refractivity contribution in [1.29, 1.82) is 0 Å². The van der Waals surface area contributed by atoms with E-state index >= 15 is 0 Å². The number of aromatic amines is 1. The molecule has 20 heavy (non-hydrogen) atoms. The molecule has 0 unspecified atom stereocenters. The summed E-state index contributed by atoms with van der Waals surface area (Å²) in [5.41, 5.74) is 4.24. The zero-order valence-corrected chi connectivity index (χ0v) is 13.4. The Kier molecular flexibility index (Phi) is 4.09. The molecule has 0 aliphatic heterocycles. The molecule has 2 aromatic rings. The van der Waals surface area contributed by atoms with E-state index in [-0.39, 0.29) is 11.4 Å². The standard InChI is InChI=1S/C15H21N3OS/c1-9-6-11-12(7-10(9)2)17-14(16-11)20-8-13(19)18-15(3,4)5/h6-7H,8H2,1-5H3,(H,16,17)(H,18,19). The van der Waals surface area contributed by atoms with Gasteiger partial charge < -0.3 is 10.3 Å². The molecule has 0 radical (unpaired) electrons. The highest BCUT2D eigenvalue weighted by atomic mass is 32.2. The highest BCUT2D eigenvalue weighted by Gasteiger charge is 2.14. The van der Waals surface area contributed by atoms with Gasteiger partial charge in [0.1, 0.15) is 0 Å². The Balaban J connectivity index is 2.05. The molecule has 0 saturated heterocycles. The van der Waals surface area contributed by atoms with Crippen molar-refractivity contribution in [3.8, 4) is 0 Å². The Bertz CT molecular complexity index is 601. The summed E-state index contributed by atoms with van der Waals surface area (Å²) in [6, 6.07) is 4.16. The number of hydrogen-bond donors (Lipinski definition) is 2. The van der Waals surface area contributed by atoms with E-state index in [1.807, 2.05) is 20.8 Å². The summed E-state index contributed by atoms with van der Waals surface area (Å²) in [6.45, 7) is 10.1.